The Bertz CT molecular complexity index is 817. The van der Waals surface area contributed by atoms with E-state index in [1.807, 2.05) is 16.9 Å². The predicted molar refractivity (Wildman–Crippen MR) is 95.7 cm³/mol. The molecular formula is C18H19BrN4. The second-order valence-corrected chi connectivity index (χ2v) is 7.01. The molecule has 0 bridgehead atoms. The van der Waals surface area contributed by atoms with E-state index in [1.165, 1.54) is 11.1 Å². The van der Waals surface area contributed by atoms with Crippen molar-refractivity contribution in [1.82, 2.24) is 14.6 Å². The van der Waals surface area contributed by atoms with E-state index >= 15 is 0 Å². The van der Waals surface area contributed by atoms with Crippen molar-refractivity contribution in [3.8, 4) is 0 Å². The van der Waals surface area contributed by atoms with Crippen molar-refractivity contribution in [1.29, 1.82) is 0 Å². The summed E-state index contributed by atoms with van der Waals surface area (Å²) in [5, 5.41) is 8.01. The van der Waals surface area contributed by atoms with Gasteiger partial charge in [-0.25, -0.2) is 9.50 Å². The van der Waals surface area contributed by atoms with E-state index < -0.39 is 0 Å². The number of rotatable bonds is 4. The Labute approximate surface area is 144 Å². The van der Waals surface area contributed by atoms with E-state index in [-0.39, 0.29) is 0 Å². The van der Waals surface area contributed by atoms with E-state index in [0.29, 0.717) is 12.0 Å². The van der Waals surface area contributed by atoms with Crippen LogP contribution in [-0.2, 0) is 12.8 Å². The summed E-state index contributed by atoms with van der Waals surface area (Å²) in [5.74, 6) is 1.51. The zero-order chi connectivity index (χ0) is 15.8. The van der Waals surface area contributed by atoms with Crippen LogP contribution < -0.4 is 5.32 Å². The summed E-state index contributed by atoms with van der Waals surface area (Å²) in [6, 6.07) is 9.20. The molecule has 0 saturated carbocycles. The number of hydrogen-bond acceptors (Lipinski definition) is 3. The lowest BCUT2D eigenvalue weighted by Crippen LogP contribution is -2.29. The number of nitrogens with zero attached hydrogens (tertiary/aromatic N) is 3. The van der Waals surface area contributed by atoms with Crippen LogP contribution in [0.1, 0.15) is 24.5 Å². The third-order valence-corrected chi connectivity index (χ3v) is 5.38. The van der Waals surface area contributed by atoms with Gasteiger partial charge in [0.1, 0.15) is 5.52 Å². The molecule has 0 fully saturated rings. The van der Waals surface area contributed by atoms with Gasteiger partial charge in [-0.05, 0) is 52.2 Å². The van der Waals surface area contributed by atoms with Gasteiger partial charge in [0.2, 0.25) is 0 Å². The minimum atomic E-state index is 0.405. The van der Waals surface area contributed by atoms with Crippen LogP contribution in [0, 0.1) is 5.92 Å². The first-order valence-electron chi connectivity index (χ1n) is 8.07. The molecule has 0 amide bonds. The highest BCUT2D eigenvalue weighted by molar-refractivity contribution is 9.10. The van der Waals surface area contributed by atoms with Gasteiger partial charge in [-0.15, -0.1) is 0 Å². The average Bonchev–Trinajstić information content (AvgIpc) is 3.17. The van der Waals surface area contributed by atoms with Gasteiger partial charge in [0.15, 0.2) is 5.82 Å². The van der Waals surface area contributed by atoms with Crippen LogP contribution in [0.4, 0.5) is 5.82 Å². The molecule has 0 saturated heterocycles. The second-order valence-electron chi connectivity index (χ2n) is 6.16. The highest BCUT2D eigenvalue weighted by Gasteiger charge is 2.28. The molecule has 0 spiro atoms. The molecule has 2 aromatic heterocycles. The van der Waals surface area contributed by atoms with Gasteiger partial charge >= 0.3 is 0 Å². The summed E-state index contributed by atoms with van der Waals surface area (Å²) in [6.07, 6.45) is 8.85. The molecule has 0 radical (unpaired) electrons. The molecule has 4 rings (SSSR count). The first kappa shape index (κ1) is 14.7. The summed E-state index contributed by atoms with van der Waals surface area (Å²) in [4.78, 5) is 4.55. The Kier molecular flexibility index (Phi) is 3.81. The van der Waals surface area contributed by atoms with Gasteiger partial charge in [0, 0.05) is 18.4 Å². The van der Waals surface area contributed by atoms with Gasteiger partial charge in [-0.1, -0.05) is 31.2 Å². The largest absolute Gasteiger partial charge is 0.365 e. The predicted octanol–water partition coefficient (Wildman–Crippen LogP) is 4.10. The van der Waals surface area contributed by atoms with Gasteiger partial charge in [0.25, 0.3) is 0 Å². The van der Waals surface area contributed by atoms with Gasteiger partial charge < -0.3 is 5.32 Å². The highest BCUT2D eigenvalue weighted by Crippen LogP contribution is 2.32. The topological polar surface area (TPSA) is 42.2 Å². The van der Waals surface area contributed by atoms with E-state index in [1.54, 1.807) is 6.20 Å². The number of benzene rings is 1. The van der Waals surface area contributed by atoms with Crippen molar-refractivity contribution in [3.05, 3.63) is 58.5 Å². The molecule has 1 unspecified atom stereocenters. The maximum absolute atomic E-state index is 4.55. The molecular weight excluding hydrogens is 352 g/mol. The monoisotopic (exact) mass is 370 g/mol. The molecule has 1 aromatic carbocycles. The standard InChI is InChI=1S/C18H19BrN4/c1-2-16(14-9-12-5-3-4-6-13(12)10-14)22-18-17-15(19)11-21-23(17)8-7-20-18/h3-8,11,14,16H,2,9-10H2,1H3,(H,20,22). The van der Waals surface area contributed by atoms with Gasteiger partial charge in [-0.3, -0.25) is 0 Å². The van der Waals surface area contributed by atoms with E-state index in [0.717, 1.165) is 35.1 Å². The lowest BCUT2D eigenvalue weighted by Gasteiger charge is -2.24. The van der Waals surface area contributed by atoms with E-state index in [9.17, 15) is 0 Å². The van der Waals surface area contributed by atoms with Crippen LogP contribution in [0.3, 0.4) is 0 Å². The number of halogens is 1. The Morgan fingerprint density at radius 2 is 2.04 bits per heavy atom. The molecule has 1 aliphatic rings. The minimum Gasteiger partial charge on any atom is -0.365 e. The maximum Gasteiger partial charge on any atom is 0.153 e. The molecule has 2 heterocycles. The van der Waals surface area contributed by atoms with Crippen LogP contribution in [0.25, 0.3) is 5.52 Å². The van der Waals surface area contributed by atoms with Crippen LogP contribution in [0.5, 0.6) is 0 Å². The van der Waals surface area contributed by atoms with Gasteiger partial charge in [0.05, 0.1) is 10.7 Å². The molecule has 4 nitrogen and oxygen atoms in total. The van der Waals surface area contributed by atoms with Crippen LogP contribution in [0.2, 0.25) is 0 Å². The summed E-state index contributed by atoms with van der Waals surface area (Å²) < 4.78 is 2.83. The fourth-order valence-electron chi connectivity index (χ4n) is 3.62. The Morgan fingerprint density at radius 3 is 2.74 bits per heavy atom. The SMILES string of the molecule is CCC(Nc1nccn2ncc(Br)c12)C1Cc2ccccc2C1. The average molecular weight is 371 g/mol. The molecule has 5 heteroatoms. The quantitative estimate of drug-likeness (QED) is 0.751. The molecule has 118 valence electrons. The van der Waals surface area contributed by atoms with E-state index in [2.05, 4.69) is 62.5 Å². The van der Waals surface area contributed by atoms with Crippen molar-refractivity contribution < 1.29 is 0 Å². The molecule has 1 N–H and O–H groups in total. The Hall–Kier alpha value is -1.88. The molecule has 1 atom stereocenters. The Morgan fingerprint density at radius 1 is 1.30 bits per heavy atom. The zero-order valence-electron chi connectivity index (χ0n) is 13.0. The number of anilines is 1. The highest BCUT2D eigenvalue weighted by atomic mass is 79.9. The minimum absolute atomic E-state index is 0.405. The Balaban J connectivity index is 1.60. The molecule has 0 aliphatic heterocycles. The summed E-state index contributed by atoms with van der Waals surface area (Å²) >= 11 is 3.57. The van der Waals surface area contributed by atoms with Crippen LogP contribution in [-0.4, -0.2) is 20.6 Å². The lowest BCUT2D eigenvalue weighted by molar-refractivity contribution is 0.454. The first-order valence-corrected chi connectivity index (χ1v) is 8.86. The number of hydrogen-bond donors (Lipinski definition) is 1. The van der Waals surface area contributed by atoms with Crippen molar-refractivity contribution in [2.24, 2.45) is 5.92 Å². The van der Waals surface area contributed by atoms with Gasteiger partial charge in [-0.2, -0.15) is 5.10 Å². The van der Waals surface area contributed by atoms with E-state index in [4.69, 9.17) is 0 Å². The van der Waals surface area contributed by atoms with Crippen molar-refractivity contribution in [2.75, 3.05) is 5.32 Å². The summed E-state index contributed by atoms with van der Waals surface area (Å²) in [7, 11) is 0. The summed E-state index contributed by atoms with van der Waals surface area (Å²) in [6.45, 7) is 2.24. The number of nitrogens with one attached hydrogen (secondary N) is 1. The van der Waals surface area contributed by atoms with Crippen LogP contribution in [0.15, 0.2) is 47.3 Å². The maximum atomic E-state index is 4.55. The number of fused-ring (bicyclic) bond motifs is 2. The smallest absolute Gasteiger partial charge is 0.153 e. The zero-order valence-corrected chi connectivity index (χ0v) is 14.6. The lowest BCUT2D eigenvalue weighted by atomic mass is 9.94. The molecule has 1 aliphatic carbocycles. The summed E-state index contributed by atoms with van der Waals surface area (Å²) in [5.41, 5.74) is 3.99. The van der Waals surface area contributed by atoms with Crippen molar-refractivity contribution in [2.45, 2.75) is 32.2 Å². The fraction of sp³-hybridized carbons (Fsp3) is 0.333. The van der Waals surface area contributed by atoms with Crippen molar-refractivity contribution >= 4 is 27.3 Å². The van der Waals surface area contributed by atoms with Crippen LogP contribution >= 0.6 is 15.9 Å². The third-order valence-electron chi connectivity index (χ3n) is 4.80. The fourth-order valence-corrected chi connectivity index (χ4v) is 4.08. The molecule has 23 heavy (non-hydrogen) atoms. The first-order chi connectivity index (χ1) is 11.3. The van der Waals surface area contributed by atoms with Crippen molar-refractivity contribution in [3.63, 3.8) is 0 Å². The molecule has 3 aromatic rings. The second kappa shape index (κ2) is 5.96. The third kappa shape index (κ3) is 2.63. The number of aromatic nitrogens is 3. The normalized spacial score (nSPS) is 15.7.